The van der Waals surface area contributed by atoms with Gasteiger partial charge in [-0.2, -0.15) is 0 Å². The van der Waals surface area contributed by atoms with Crippen LogP contribution in [0.15, 0.2) is 54.6 Å². The van der Waals surface area contributed by atoms with Crippen LogP contribution < -0.4 is 0 Å². The molecule has 3 aromatic rings. The van der Waals surface area contributed by atoms with Gasteiger partial charge >= 0.3 is 5.97 Å². The highest BCUT2D eigenvalue weighted by atomic mass is 16.4. The number of hydrogen-bond donors (Lipinski definition) is 1. The molecule has 0 heterocycles. The highest BCUT2D eigenvalue weighted by molar-refractivity contribution is 6.02. The molecular formula is C17H14O2. The molecule has 0 saturated heterocycles. The third-order valence-electron chi connectivity index (χ3n) is 3.15. The standard InChI is InChI=1S/C17H14O2/c18-17(19)10-9-16-14-7-3-1-5-12(14)11-13-6-2-4-8-15(13)16/h1-8,11H,9-10H2,(H,18,19)/i9D,10D2. The van der Waals surface area contributed by atoms with Gasteiger partial charge in [0.1, 0.15) is 0 Å². The molecule has 19 heavy (non-hydrogen) atoms. The lowest BCUT2D eigenvalue weighted by molar-refractivity contribution is -0.136. The lowest BCUT2D eigenvalue weighted by Gasteiger charge is -2.10. The largest absolute Gasteiger partial charge is 0.481 e. The van der Waals surface area contributed by atoms with Gasteiger partial charge < -0.3 is 5.11 Å². The Hall–Kier alpha value is -2.35. The highest BCUT2D eigenvalue weighted by Crippen LogP contribution is 2.29. The van der Waals surface area contributed by atoms with Crippen molar-refractivity contribution in [2.24, 2.45) is 0 Å². The molecule has 0 amide bonds. The molecule has 94 valence electrons. The van der Waals surface area contributed by atoms with Crippen molar-refractivity contribution in [3.63, 3.8) is 0 Å². The van der Waals surface area contributed by atoms with Crippen molar-refractivity contribution in [3.8, 4) is 0 Å². The number of carboxylic acid groups (broad SMARTS) is 1. The third-order valence-corrected chi connectivity index (χ3v) is 3.15. The molecule has 2 heteroatoms. The van der Waals surface area contributed by atoms with Crippen LogP contribution in [0, 0.1) is 0 Å². The maximum atomic E-state index is 11.2. The monoisotopic (exact) mass is 253 g/mol. The zero-order valence-corrected chi connectivity index (χ0v) is 10.1. The number of carboxylic acids is 1. The quantitative estimate of drug-likeness (QED) is 0.716. The zero-order chi connectivity index (χ0) is 15.9. The molecule has 0 aliphatic carbocycles. The summed E-state index contributed by atoms with van der Waals surface area (Å²) in [4.78, 5) is 11.2. The smallest absolute Gasteiger partial charge is 0.303 e. The van der Waals surface area contributed by atoms with Gasteiger partial charge in [0.25, 0.3) is 0 Å². The first kappa shape index (κ1) is 8.70. The van der Waals surface area contributed by atoms with Gasteiger partial charge in [-0.15, -0.1) is 0 Å². The minimum absolute atomic E-state index is 0.418. The van der Waals surface area contributed by atoms with Crippen molar-refractivity contribution in [2.45, 2.75) is 12.8 Å². The Morgan fingerprint density at radius 2 is 1.53 bits per heavy atom. The van der Waals surface area contributed by atoms with Crippen LogP contribution in [-0.2, 0) is 11.2 Å². The van der Waals surface area contributed by atoms with Gasteiger partial charge in [0.05, 0.1) is 0 Å². The summed E-state index contributed by atoms with van der Waals surface area (Å²) in [7, 11) is 0. The lowest BCUT2D eigenvalue weighted by Crippen LogP contribution is -1.99. The second-order valence-corrected chi connectivity index (χ2v) is 4.33. The van der Waals surface area contributed by atoms with Crippen LogP contribution >= 0.6 is 0 Å². The molecule has 0 aromatic heterocycles. The Kier molecular flexibility index (Phi) is 2.17. The van der Waals surface area contributed by atoms with E-state index in [1.165, 1.54) is 0 Å². The number of hydrogen-bond acceptors (Lipinski definition) is 1. The first-order valence-electron chi connectivity index (χ1n) is 7.56. The molecule has 1 unspecified atom stereocenters. The number of aryl methyl sites for hydroxylation is 1. The average molecular weight is 253 g/mol. The lowest BCUT2D eigenvalue weighted by atomic mass is 9.94. The SMILES string of the molecule is [2H]C(c1c2ccccc2cc2ccccc12)C([2H])([2H])C(=O)O. The Balaban J connectivity index is 2.40. The molecule has 1 N–H and O–H groups in total. The summed E-state index contributed by atoms with van der Waals surface area (Å²) in [5.74, 6) is -1.62. The van der Waals surface area contributed by atoms with Gasteiger partial charge in [0, 0.05) is 10.5 Å². The van der Waals surface area contributed by atoms with Crippen LogP contribution in [-0.4, -0.2) is 11.1 Å². The van der Waals surface area contributed by atoms with Crippen LogP contribution in [0.1, 0.15) is 16.0 Å². The fourth-order valence-electron chi connectivity index (χ4n) is 2.34. The van der Waals surface area contributed by atoms with E-state index in [2.05, 4.69) is 0 Å². The summed E-state index contributed by atoms with van der Waals surface area (Å²) in [5, 5.41) is 12.3. The van der Waals surface area contributed by atoms with Crippen molar-refractivity contribution in [3.05, 3.63) is 60.2 Å². The summed E-state index contributed by atoms with van der Waals surface area (Å²) < 4.78 is 23.8. The van der Waals surface area contributed by atoms with E-state index in [0.717, 1.165) is 10.8 Å². The van der Waals surface area contributed by atoms with Crippen molar-refractivity contribution >= 4 is 27.5 Å². The van der Waals surface area contributed by atoms with E-state index in [0.29, 0.717) is 16.3 Å². The van der Waals surface area contributed by atoms with Gasteiger partial charge in [-0.3, -0.25) is 4.79 Å². The molecule has 2 nitrogen and oxygen atoms in total. The first-order chi connectivity index (χ1) is 10.4. The zero-order valence-electron chi connectivity index (χ0n) is 13.1. The van der Waals surface area contributed by atoms with E-state index in [1.54, 1.807) is 12.1 Å². The van der Waals surface area contributed by atoms with E-state index in [9.17, 15) is 4.79 Å². The second-order valence-electron chi connectivity index (χ2n) is 4.33. The van der Waals surface area contributed by atoms with Gasteiger partial charge in [-0.25, -0.2) is 0 Å². The Labute approximate surface area is 115 Å². The molecule has 0 spiro atoms. The average Bonchev–Trinajstić information content (AvgIpc) is 2.51. The van der Waals surface area contributed by atoms with Crippen LogP contribution in [0.25, 0.3) is 21.5 Å². The second kappa shape index (κ2) is 4.73. The van der Waals surface area contributed by atoms with Crippen LogP contribution in [0.5, 0.6) is 0 Å². The summed E-state index contributed by atoms with van der Waals surface area (Å²) in [6, 6.07) is 16.7. The maximum absolute atomic E-state index is 11.2. The topological polar surface area (TPSA) is 37.3 Å². The van der Waals surface area contributed by atoms with Gasteiger partial charge in [0.15, 0.2) is 0 Å². The van der Waals surface area contributed by atoms with Crippen molar-refractivity contribution in [2.75, 3.05) is 0 Å². The van der Waals surface area contributed by atoms with Crippen LogP contribution in [0.4, 0.5) is 0 Å². The number of fused-ring (bicyclic) bond motifs is 2. The third kappa shape index (κ3) is 2.17. The van der Waals surface area contributed by atoms with E-state index >= 15 is 0 Å². The van der Waals surface area contributed by atoms with Gasteiger partial charge in [0.2, 0.25) is 0 Å². The van der Waals surface area contributed by atoms with E-state index < -0.39 is 18.7 Å². The fraction of sp³-hybridized carbons (Fsp3) is 0.118. The normalized spacial score (nSPS) is 15.7. The summed E-state index contributed by atoms with van der Waals surface area (Å²) >= 11 is 0. The van der Waals surface area contributed by atoms with Crippen LogP contribution in [0.3, 0.4) is 0 Å². The molecule has 0 radical (unpaired) electrons. The van der Waals surface area contributed by atoms with E-state index in [1.807, 2.05) is 42.5 Å². The highest BCUT2D eigenvalue weighted by Gasteiger charge is 2.08. The number of aliphatic carboxylic acids is 1. The first-order valence-corrected chi connectivity index (χ1v) is 5.99. The number of rotatable bonds is 3. The Morgan fingerprint density at radius 1 is 1.00 bits per heavy atom. The molecule has 0 fully saturated rings. The van der Waals surface area contributed by atoms with Crippen molar-refractivity contribution < 1.29 is 14.0 Å². The van der Waals surface area contributed by atoms with E-state index in [4.69, 9.17) is 9.22 Å². The molecule has 1 atom stereocenters. The Morgan fingerprint density at radius 3 is 2.05 bits per heavy atom. The molecule has 0 saturated carbocycles. The summed E-state index contributed by atoms with van der Waals surface area (Å²) in [6.07, 6.45) is -4.17. The number of carbonyl (C=O) groups is 1. The maximum Gasteiger partial charge on any atom is 0.303 e. The predicted molar refractivity (Wildman–Crippen MR) is 77.4 cm³/mol. The molecule has 0 aliphatic rings. The molecule has 0 aliphatic heterocycles. The predicted octanol–water partition coefficient (Wildman–Crippen LogP) is 4.01. The minimum atomic E-state index is -2.66. The van der Waals surface area contributed by atoms with E-state index in [-0.39, 0.29) is 0 Å². The van der Waals surface area contributed by atoms with Crippen LogP contribution in [0.2, 0.25) is 0 Å². The summed E-state index contributed by atoms with van der Waals surface area (Å²) in [6.45, 7) is 0. The molecule has 0 bridgehead atoms. The Bertz CT molecular complexity index is 820. The molecular weight excluding hydrogens is 236 g/mol. The molecule has 3 rings (SSSR count). The minimum Gasteiger partial charge on any atom is -0.481 e. The fourth-order valence-corrected chi connectivity index (χ4v) is 2.34. The van der Waals surface area contributed by atoms with Gasteiger partial charge in [-0.05, 0) is 39.6 Å². The number of benzene rings is 3. The van der Waals surface area contributed by atoms with Gasteiger partial charge in [-0.1, -0.05) is 48.5 Å². The summed E-state index contributed by atoms with van der Waals surface area (Å²) in [5.41, 5.74) is 0.418. The van der Waals surface area contributed by atoms with Crippen molar-refractivity contribution in [1.82, 2.24) is 0 Å². The van der Waals surface area contributed by atoms with Crippen molar-refractivity contribution in [1.29, 1.82) is 0 Å². The molecule has 3 aromatic carbocycles.